The van der Waals surface area contributed by atoms with Crippen molar-refractivity contribution in [3.05, 3.63) is 0 Å². The van der Waals surface area contributed by atoms with E-state index in [1.807, 2.05) is 0 Å². The van der Waals surface area contributed by atoms with Crippen LogP contribution in [-0.4, -0.2) is 5.71 Å². The lowest BCUT2D eigenvalue weighted by molar-refractivity contribution is 0.333. The zero-order chi connectivity index (χ0) is 6.72. The average Bonchev–Trinajstić information content (AvgIpc) is 2.31. The summed E-state index contributed by atoms with van der Waals surface area (Å²) in [6.45, 7) is 0. The Hall–Kier alpha value is -0.330. The van der Waals surface area contributed by atoms with Crippen LogP contribution in [0.2, 0.25) is 0 Å². The molecule has 4 unspecified atom stereocenters. The van der Waals surface area contributed by atoms with Crippen LogP contribution in [0.4, 0.5) is 0 Å². The van der Waals surface area contributed by atoms with Gasteiger partial charge in [-0.25, -0.2) is 0 Å². The first-order valence-corrected chi connectivity index (χ1v) is 4.43. The fourth-order valence-electron chi connectivity index (χ4n) is 3.49. The Kier molecular flexibility index (Phi) is 0.781. The highest BCUT2D eigenvalue weighted by atomic mass is 14.6. The van der Waals surface area contributed by atoms with E-state index in [4.69, 9.17) is 5.41 Å². The predicted octanol–water partition coefficient (Wildman–Crippen LogP) is 2.07. The molecule has 0 heterocycles. The standard InChI is InChI=1S/C9H13N/c10-9-7-2-5-1-6(4-7)8(9)3-5/h5-8,10H,1-4H2. The molecule has 1 N–H and O–H groups in total. The van der Waals surface area contributed by atoms with Crippen LogP contribution in [0.15, 0.2) is 0 Å². The Morgan fingerprint density at radius 2 is 2.00 bits per heavy atom. The number of hydrogen-bond donors (Lipinski definition) is 1. The van der Waals surface area contributed by atoms with Gasteiger partial charge in [-0.1, -0.05) is 0 Å². The molecule has 4 aliphatic rings. The van der Waals surface area contributed by atoms with E-state index in [-0.39, 0.29) is 0 Å². The zero-order valence-electron chi connectivity index (χ0n) is 6.14. The monoisotopic (exact) mass is 135 g/mol. The molecular formula is C9H13N. The molecule has 0 aromatic carbocycles. The van der Waals surface area contributed by atoms with Crippen molar-refractivity contribution in [3.8, 4) is 0 Å². The van der Waals surface area contributed by atoms with Crippen molar-refractivity contribution < 1.29 is 0 Å². The Labute approximate surface area is 61.3 Å². The maximum atomic E-state index is 7.82. The molecule has 0 aromatic heterocycles. The van der Waals surface area contributed by atoms with Gasteiger partial charge in [0.05, 0.1) is 0 Å². The second-order valence-corrected chi connectivity index (χ2v) is 4.33. The van der Waals surface area contributed by atoms with E-state index in [9.17, 15) is 0 Å². The average molecular weight is 135 g/mol. The van der Waals surface area contributed by atoms with E-state index in [0.29, 0.717) is 0 Å². The molecule has 4 aliphatic carbocycles. The molecule has 0 spiro atoms. The van der Waals surface area contributed by atoms with E-state index < -0.39 is 0 Å². The minimum absolute atomic E-state index is 0.738. The van der Waals surface area contributed by atoms with Gasteiger partial charge in [0.25, 0.3) is 0 Å². The van der Waals surface area contributed by atoms with Crippen molar-refractivity contribution in [1.29, 1.82) is 5.41 Å². The Balaban J connectivity index is 2.06. The summed E-state index contributed by atoms with van der Waals surface area (Å²) >= 11 is 0. The maximum Gasteiger partial charge on any atom is 0.0154 e. The zero-order valence-corrected chi connectivity index (χ0v) is 6.14. The summed E-state index contributed by atoms with van der Waals surface area (Å²) in [4.78, 5) is 0. The van der Waals surface area contributed by atoms with Gasteiger partial charge >= 0.3 is 0 Å². The van der Waals surface area contributed by atoms with Crippen molar-refractivity contribution in [2.45, 2.75) is 25.7 Å². The summed E-state index contributed by atoms with van der Waals surface area (Å²) in [5.74, 6) is 3.48. The summed E-state index contributed by atoms with van der Waals surface area (Å²) < 4.78 is 0. The van der Waals surface area contributed by atoms with Crippen molar-refractivity contribution in [2.24, 2.45) is 23.7 Å². The first kappa shape index (κ1) is 5.34. The van der Waals surface area contributed by atoms with Gasteiger partial charge in [0.1, 0.15) is 0 Å². The molecule has 4 atom stereocenters. The highest BCUT2D eigenvalue weighted by molar-refractivity contribution is 5.89. The molecule has 4 bridgehead atoms. The molecule has 0 aliphatic heterocycles. The first-order valence-electron chi connectivity index (χ1n) is 4.43. The third kappa shape index (κ3) is 0.446. The van der Waals surface area contributed by atoms with Crippen molar-refractivity contribution in [1.82, 2.24) is 0 Å². The molecule has 0 radical (unpaired) electrons. The minimum Gasteiger partial charge on any atom is -0.309 e. The summed E-state index contributed by atoms with van der Waals surface area (Å²) in [5.41, 5.74) is 1.12. The molecule has 0 saturated heterocycles. The van der Waals surface area contributed by atoms with E-state index in [1.165, 1.54) is 25.7 Å². The molecule has 1 nitrogen and oxygen atoms in total. The second-order valence-electron chi connectivity index (χ2n) is 4.33. The molecule has 10 heavy (non-hydrogen) atoms. The Bertz CT molecular complexity index is 193. The lowest BCUT2D eigenvalue weighted by Crippen LogP contribution is -2.21. The summed E-state index contributed by atoms with van der Waals surface area (Å²) in [5, 5.41) is 7.82. The Morgan fingerprint density at radius 1 is 1.10 bits per heavy atom. The largest absolute Gasteiger partial charge is 0.309 e. The SMILES string of the molecule is N=C1C2CC3CC(C2)C1C3. The molecule has 4 saturated carbocycles. The van der Waals surface area contributed by atoms with Gasteiger partial charge in [-0.05, 0) is 49.4 Å². The van der Waals surface area contributed by atoms with E-state index >= 15 is 0 Å². The lowest BCUT2D eigenvalue weighted by Gasteiger charge is -2.24. The smallest absolute Gasteiger partial charge is 0.0154 e. The van der Waals surface area contributed by atoms with Gasteiger partial charge in [0, 0.05) is 5.71 Å². The molecule has 0 aromatic rings. The fourth-order valence-corrected chi connectivity index (χ4v) is 3.49. The van der Waals surface area contributed by atoms with E-state index in [2.05, 4.69) is 0 Å². The van der Waals surface area contributed by atoms with Gasteiger partial charge < -0.3 is 5.41 Å². The normalized spacial score (nSPS) is 56.6. The van der Waals surface area contributed by atoms with Crippen LogP contribution in [0.25, 0.3) is 0 Å². The van der Waals surface area contributed by atoms with Gasteiger partial charge in [0.2, 0.25) is 0 Å². The molecule has 54 valence electrons. The number of nitrogens with one attached hydrogen (secondary N) is 1. The summed E-state index contributed by atoms with van der Waals surface area (Å²) in [6, 6.07) is 0. The minimum atomic E-state index is 0.738. The number of rotatable bonds is 0. The topological polar surface area (TPSA) is 23.9 Å². The van der Waals surface area contributed by atoms with Crippen LogP contribution >= 0.6 is 0 Å². The Morgan fingerprint density at radius 3 is 2.70 bits per heavy atom. The van der Waals surface area contributed by atoms with E-state index in [0.717, 1.165) is 29.4 Å². The quantitative estimate of drug-likeness (QED) is 0.526. The van der Waals surface area contributed by atoms with Crippen molar-refractivity contribution in [2.75, 3.05) is 0 Å². The van der Waals surface area contributed by atoms with Crippen LogP contribution in [0.3, 0.4) is 0 Å². The van der Waals surface area contributed by atoms with Gasteiger partial charge in [0.15, 0.2) is 0 Å². The molecule has 4 fully saturated rings. The van der Waals surface area contributed by atoms with Crippen LogP contribution < -0.4 is 0 Å². The highest BCUT2D eigenvalue weighted by Gasteiger charge is 2.50. The van der Waals surface area contributed by atoms with Crippen LogP contribution in [0, 0.1) is 29.1 Å². The van der Waals surface area contributed by atoms with Crippen molar-refractivity contribution >= 4 is 5.71 Å². The third-order valence-electron chi connectivity index (χ3n) is 3.84. The molecule has 1 heteroatoms. The van der Waals surface area contributed by atoms with Crippen LogP contribution in [0.5, 0.6) is 0 Å². The molecular weight excluding hydrogens is 122 g/mol. The van der Waals surface area contributed by atoms with E-state index in [1.54, 1.807) is 0 Å². The lowest BCUT2D eigenvalue weighted by atomic mass is 9.81. The molecule has 4 rings (SSSR count). The fraction of sp³-hybridized carbons (Fsp3) is 0.889. The molecule has 0 amide bonds. The number of hydrogen-bond acceptors (Lipinski definition) is 1. The third-order valence-corrected chi connectivity index (χ3v) is 3.84. The highest BCUT2D eigenvalue weighted by Crippen LogP contribution is 2.55. The second kappa shape index (κ2) is 1.46. The van der Waals surface area contributed by atoms with Gasteiger partial charge in [-0.15, -0.1) is 0 Å². The van der Waals surface area contributed by atoms with Crippen LogP contribution in [0.1, 0.15) is 25.7 Å². The predicted molar refractivity (Wildman–Crippen MR) is 40.2 cm³/mol. The summed E-state index contributed by atoms with van der Waals surface area (Å²) in [7, 11) is 0. The van der Waals surface area contributed by atoms with Gasteiger partial charge in [-0.2, -0.15) is 0 Å². The van der Waals surface area contributed by atoms with Crippen molar-refractivity contribution in [3.63, 3.8) is 0 Å². The van der Waals surface area contributed by atoms with Gasteiger partial charge in [-0.3, -0.25) is 0 Å². The van der Waals surface area contributed by atoms with Crippen LogP contribution in [-0.2, 0) is 0 Å². The first-order chi connectivity index (χ1) is 4.84. The maximum absolute atomic E-state index is 7.82. The summed E-state index contributed by atoms with van der Waals surface area (Å²) in [6.07, 6.45) is 5.58.